The first kappa shape index (κ1) is 25.9. The average molecular weight is 533 g/mol. The van der Waals surface area contributed by atoms with Crippen molar-refractivity contribution in [3.05, 3.63) is 63.6 Å². The van der Waals surface area contributed by atoms with Crippen molar-refractivity contribution in [3.8, 4) is 11.4 Å². The molecule has 0 saturated heterocycles. The maximum atomic E-state index is 13.7. The standard InChI is InChI=1S/C27H32N8O2S/c1-6-15(2)35-26-22(17(4)32-24(34-26)21-16(3)30-14-31-23(21)19-9-10-19)33-25(27(35)36)29-13-18-7-11-20(12-8-18)38(5,28)37/h7-8,11-12,14-15,19,28H,6,9-10,13H2,1-5H3,(H,29,33)/t15-,38?/m0/s1. The molecule has 3 aromatic heterocycles. The largest absolute Gasteiger partial charge is 0.361 e. The number of aromatic nitrogens is 6. The summed E-state index contributed by atoms with van der Waals surface area (Å²) >= 11 is 0. The molecule has 198 valence electrons. The molecule has 0 spiro atoms. The Morgan fingerprint density at radius 1 is 1.11 bits per heavy atom. The van der Waals surface area contributed by atoms with Gasteiger partial charge < -0.3 is 5.32 Å². The highest BCUT2D eigenvalue weighted by molar-refractivity contribution is 7.91. The molecule has 1 aliphatic rings. The maximum absolute atomic E-state index is 13.7. The molecule has 0 amide bonds. The third kappa shape index (κ3) is 4.90. The molecule has 3 heterocycles. The molecular weight excluding hydrogens is 500 g/mol. The van der Waals surface area contributed by atoms with Crippen molar-refractivity contribution < 1.29 is 4.21 Å². The molecular formula is C27H32N8O2S. The Morgan fingerprint density at radius 2 is 1.82 bits per heavy atom. The van der Waals surface area contributed by atoms with Gasteiger partial charge in [0.2, 0.25) is 0 Å². The Labute approximate surface area is 222 Å². The van der Waals surface area contributed by atoms with E-state index in [4.69, 9.17) is 14.7 Å². The topological polar surface area (TPSA) is 139 Å². The van der Waals surface area contributed by atoms with Crippen LogP contribution in [0.25, 0.3) is 22.6 Å². The van der Waals surface area contributed by atoms with Crippen molar-refractivity contribution in [1.82, 2.24) is 29.5 Å². The number of aryl methyl sites for hydroxylation is 2. The molecule has 0 bridgehead atoms. The van der Waals surface area contributed by atoms with Gasteiger partial charge in [-0.1, -0.05) is 19.1 Å². The van der Waals surface area contributed by atoms with Crippen molar-refractivity contribution in [3.63, 3.8) is 0 Å². The van der Waals surface area contributed by atoms with Crippen LogP contribution in [0.4, 0.5) is 5.82 Å². The lowest BCUT2D eigenvalue weighted by Crippen LogP contribution is -2.28. The first-order valence-electron chi connectivity index (χ1n) is 12.8. The highest BCUT2D eigenvalue weighted by Crippen LogP contribution is 2.43. The third-order valence-electron chi connectivity index (χ3n) is 7.03. The number of anilines is 1. The van der Waals surface area contributed by atoms with Crippen LogP contribution in [-0.2, 0) is 16.3 Å². The smallest absolute Gasteiger partial charge is 0.295 e. The van der Waals surface area contributed by atoms with Crippen LogP contribution in [0.15, 0.2) is 40.3 Å². The van der Waals surface area contributed by atoms with Crippen LogP contribution in [0.1, 0.15) is 67.7 Å². The van der Waals surface area contributed by atoms with E-state index in [2.05, 4.69) is 20.3 Å². The van der Waals surface area contributed by atoms with Crippen molar-refractivity contribution in [2.75, 3.05) is 11.6 Å². The van der Waals surface area contributed by atoms with Gasteiger partial charge in [-0.3, -0.25) is 9.36 Å². The van der Waals surface area contributed by atoms with Crippen molar-refractivity contribution in [2.45, 2.75) is 70.4 Å². The summed E-state index contributed by atoms with van der Waals surface area (Å²) in [6.45, 7) is 8.20. The molecule has 0 aliphatic heterocycles. The van der Waals surface area contributed by atoms with Crippen molar-refractivity contribution in [2.24, 2.45) is 0 Å². The first-order chi connectivity index (χ1) is 18.1. The summed E-state index contributed by atoms with van der Waals surface area (Å²) in [5.74, 6) is 1.14. The van der Waals surface area contributed by atoms with Crippen LogP contribution in [0.3, 0.4) is 0 Å². The third-order valence-corrected chi connectivity index (χ3v) is 8.20. The van der Waals surface area contributed by atoms with E-state index in [1.54, 1.807) is 35.2 Å². The van der Waals surface area contributed by atoms with Gasteiger partial charge in [0.05, 0.1) is 32.4 Å². The maximum Gasteiger partial charge on any atom is 0.295 e. The zero-order valence-corrected chi connectivity index (χ0v) is 23.1. The van der Waals surface area contributed by atoms with Crippen LogP contribution in [0.2, 0.25) is 0 Å². The van der Waals surface area contributed by atoms with Gasteiger partial charge in [0.15, 0.2) is 17.3 Å². The number of rotatable bonds is 8. The minimum Gasteiger partial charge on any atom is -0.361 e. The van der Waals surface area contributed by atoms with E-state index in [0.717, 1.165) is 41.8 Å². The van der Waals surface area contributed by atoms with Gasteiger partial charge >= 0.3 is 0 Å². The number of fused-ring (bicyclic) bond motifs is 1. The van der Waals surface area contributed by atoms with E-state index in [1.165, 1.54) is 6.26 Å². The summed E-state index contributed by atoms with van der Waals surface area (Å²) in [6, 6.07) is 6.86. The summed E-state index contributed by atoms with van der Waals surface area (Å²) in [6.07, 6.45) is 5.91. The molecule has 10 nitrogen and oxygen atoms in total. The molecule has 2 atom stereocenters. The SMILES string of the molecule is CC[C@H](C)n1c(=O)c(NCc2ccc(S(C)(=N)=O)cc2)nc2c(C)nc(-c3c(C)ncnc3C3CC3)nc21. The number of nitrogens with zero attached hydrogens (tertiary/aromatic N) is 6. The predicted molar refractivity (Wildman–Crippen MR) is 148 cm³/mol. The quantitative estimate of drug-likeness (QED) is 0.331. The second-order valence-corrected chi connectivity index (χ2v) is 12.2. The fourth-order valence-corrected chi connectivity index (χ4v) is 5.18. The molecule has 1 saturated carbocycles. The molecule has 11 heteroatoms. The summed E-state index contributed by atoms with van der Waals surface area (Å²) < 4.78 is 21.4. The highest BCUT2D eigenvalue weighted by Gasteiger charge is 2.30. The van der Waals surface area contributed by atoms with E-state index in [1.807, 2.05) is 27.7 Å². The van der Waals surface area contributed by atoms with Gasteiger partial charge in [-0.05, 0) is 57.7 Å². The van der Waals surface area contributed by atoms with E-state index in [-0.39, 0.29) is 17.4 Å². The van der Waals surface area contributed by atoms with Crippen molar-refractivity contribution >= 4 is 26.7 Å². The van der Waals surface area contributed by atoms with Crippen molar-refractivity contribution in [1.29, 1.82) is 4.78 Å². The van der Waals surface area contributed by atoms with E-state index >= 15 is 0 Å². The molecule has 5 rings (SSSR count). The number of nitrogens with one attached hydrogen (secondary N) is 2. The average Bonchev–Trinajstić information content (AvgIpc) is 3.72. The Hall–Kier alpha value is -3.73. The van der Waals surface area contributed by atoms with Gasteiger partial charge in [0.1, 0.15) is 11.8 Å². The molecule has 1 aromatic carbocycles. The van der Waals surface area contributed by atoms with Crippen LogP contribution in [0, 0.1) is 18.6 Å². The first-order valence-corrected chi connectivity index (χ1v) is 14.7. The van der Waals surface area contributed by atoms with E-state index < -0.39 is 9.73 Å². The summed E-state index contributed by atoms with van der Waals surface area (Å²) in [7, 11) is -2.78. The van der Waals surface area contributed by atoms with Gasteiger partial charge in [-0.15, -0.1) is 0 Å². The molecule has 38 heavy (non-hydrogen) atoms. The molecule has 0 radical (unpaired) electrons. The summed E-state index contributed by atoms with van der Waals surface area (Å²) in [4.78, 5) is 37.5. The molecule has 1 fully saturated rings. The van der Waals surface area contributed by atoms with Gasteiger partial charge in [-0.2, -0.15) is 0 Å². The zero-order valence-electron chi connectivity index (χ0n) is 22.3. The number of hydrogen-bond donors (Lipinski definition) is 2. The molecule has 1 unspecified atom stereocenters. The second kappa shape index (κ2) is 9.86. The lowest BCUT2D eigenvalue weighted by Gasteiger charge is -2.19. The Balaban J connectivity index is 1.59. The fraction of sp³-hybridized carbons (Fsp3) is 0.407. The number of benzene rings is 1. The van der Waals surface area contributed by atoms with Crippen LogP contribution < -0.4 is 10.9 Å². The number of hydrogen-bond acceptors (Lipinski definition) is 9. The van der Waals surface area contributed by atoms with Crippen LogP contribution in [0.5, 0.6) is 0 Å². The second-order valence-electron chi connectivity index (χ2n) is 10.0. The Kier molecular flexibility index (Phi) is 6.72. The van der Waals surface area contributed by atoms with Gasteiger partial charge in [0, 0.05) is 29.7 Å². The predicted octanol–water partition coefficient (Wildman–Crippen LogP) is 4.76. The lowest BCUT2D eigenvalue weighted by atomic mass is 10.1. The zero-order chi connectivity index (χ0) is 27.2. The fourth-order valence-electron chi connectivity index (χ4n) is 4.53. The van der Waals surface area contributed by atoms with E-state index in [9.17, 15) is 9.00 Å². The summed E-state index contributed by atoms with van der Waals surface area (Å²) in [5.41, 5.74) is 5.00. The van der Waals surface area contributed by atoms with Gasteiger partial charge in [0.25, 0.3) is 5.56 Å². The lowest BCUT2D eigenvalue weighted by molar-refractivity contribution is 0.526. The Bertz CT molecular complexity index is 1690. The monoisotopic (exact) mass is 532 g/mol. The minimum atomic E-state index is -2.78. The van der Waals surface area contributed by atoms with Crippen LogP contribution in [-0.4, -0.2) is 40.0 Å². The molecule has 4 aromatic rings. The van der Waals surface area contributed by atoms with Gasteiger partial charge in [-0.25, -0.2) is 33.9 Å². The highest BCUT2D eigenvalue weighted by atomic mass is 32.2. The Morgan fingerprint density at radius 3 is 2.45 bits per heavy atom. The molecule has 2 N–H and O–H groups in total. The summed E-state index contributed by atoms with van der Waals surface area (Å²) in [5, 5.41) is 3.18. The molecule has 1 aliphatic carbocycles. The van der Waals surface area contributed by atoms with Crippen LogP contribution >= 0.6 is 0 Å². The van der Waals surface area contributed by atoms with E-state index in [0.29, 0.717) is 40.0 Å². The normalized spacial score (nSPS) is 15.8. The minimum absolute atomic E-state index is 0.110.